The van der Waals surface area contributed by atoms with Crippen molar-refractivity contribution in [3.8, 4) is 17.5 Å². The Labute approximate surface area is 139 Å². The maximum absolute atomic E-state index is 12.7. The van der Waals surface area contributed by atoms with Gasteiger partial charge in [-0.2, -0.15) is 10.4 Å². The predicted octanol–water partition coefficient (Wildman–Crippen LogP) is 3.34. The highest BCUT2D eigenvalue weighted by atomic mass is 16.1. The fourth-order valence-corrected chi connectivity index (χ4v) is 2.39. The van der Waals surface area contributed by atoms with Gasteiger partial charge in [0.25, 0.3) is 0 Å². The molecule has 0 spiro atoms. The smallest absolute Gasteiger partial charge is 0.186 e. The SMILES string of the molecule is Cc1nnc(-c2ccccc2)nc1C(C#N)C(=O)c1ccccc1. The summed E-state index contributed by atoms with van der Waals surface area (Å²) in [6.45, 7) is 1.70. The molecule has 3 aromatic rings. The summed E-state index contributed by atoms with van der Waals surface area (Å²) in [5.74, 6) is -0.900. The molecule has 0 N–H and O–H groups in total. The van der Waals surface area contributed by atoms with Gasteiger partial charge in [0.1, 0.15) is 0 Å². The molecule has 24 heavy (non-hydrogen) atoms. The number of benzene rings is 2. The number of aryl methyl sites for hydroxylation is 1. The van der Waals surface area contributed by atoms with Gasteiger partial charge in [-0.25, -0.2) is 4.98 Å². The Morgan fingerprint density at radius 3 is 2.25 bits per heavy atom. The molecule has 0 amide bonds. The first-order chi connectivity index (χ1) is 11.7. The minimum Gasteiger partial charge on any atom is -0.292 e. The maximum Gasteiger partial charge on any atom is 0.186 e. The lowest BCUT2D eigenvalue weighted by Crippen LogP contribution is -2.16. The summed E-state index contributed by atoms with van der Waals surface area (Å²) in [7, 11) is 0. The molecule has 5 heteroatoms. The van der Waals surface area contributed by atoms with Gasteiger partial charge in [0.2, 0.25) is 0 Å². The van der Waals surface area contributed by atoms with Crippen molar-refractivity contribution in [3.63, 3.8) is 0 Å². The van der Waals surface area contributed by atoms with E-state index in [9.17, 15) is 10.1 Å². The number of nitriles is 1. The molecule has 1 atom stereocenters. The molecule has 0 saturated heterocycles. The fraction of sp³-hybridized carbons (Fsp3) is 0.105. The van der Waals surface area contributed by atoms with E-state index in [1.165, 1.54) is 0 Å². The van der Waals surface area contributed by atoms with Crippen LogP contribution < -0.4 is 0 Å². The number of carbonyl (C=O) groups excluding carboxylic acids is 1. The second kappa shape index (κ2) is 6.80. The molecule has 1 heterocycles. The first-order valence-electron chi connectivity index (χ1n) is 7.46. The molecule has 5 nitrogen and oxygen atoms in total. The van der Waals surface area contributed by atoms with Crippen molar-refractivity contribution in [1.29, 1.82) is 5.26 Å². The largest absolute Gasteiger partial charge is 0.292 e. The lowest BCUT2D eigenvalue weighted by atomic mass is 9.94. The molecule has 1 aromatic heterocycles. The molecule has 0 aliphatic heterocycles. The quantitative estimate of drug-likeness (QED) is 0.690. The van der Waals surface area contributed by atoms with Gasteiger partial charge in [0.05, 0.1) is 17.5 Å². The number of ketones is 1. The maximum atomic E-state index is 12.7. The summed E-state index contributed by atoms with van der Waals surface area (Å²) in [5.41, 5.74) is 2.09. The van der Waals surface area contributed by atoms with Gasteiger partial charge in [-0.15, -0.1) is 5.10 Å². The van der Waals surface area contributed by atoms with Crippen LogP contribution in [-0.2, 0) is 0 Å². The minimum absolute atomic E-state index is 0.291. The molecule has 0 saturated carbocycles. The number of nitrogens with zero attached hydrogens (tertiary/aromatic N) is 4. The van der Waals surface area contributed by atoms with Gasteiger partial charge in [0, 0.05) is 11.1 Å². The fourth-order valence-electron chi connectivity index (χ4n) is 2.39. The van der Waals surface area contributed by atoms with E-state index in [4.69, 9.17) is 0 Å². The van der Waals surface area contributed by atoms with Crippen molar-refractivity contribution in [2.24, 2.45) is 0 Å². The lowest BCUT2D eigenvalue weighted by molar-refractivity contribution is 0.0977. The monoisotopic (exact) mass is 314 g/mol. The highest BCUT2D eigenvalue weighted by molar-refractivity contribution is 6.02. The van der Waals surface area contributed by atoms with Crippen molar-refractivity contribution in [1.82, 2.24) is 15.2 Å². The number of aromatic nitrogens is 3. The third-order valence-corrected chi connectivity index (χ3v) is 3.65. The summed E-state index contributed by atoms with van der Waals surface area (Å²) in [6, 6.07) is 20.1. The van der Waals surface area contributed by atoms with Crippen LogP contribution in [0.5, 0.6) is 0 Å². The Bertz CT molecular complexity index is 902. The van der Waals surface area contributed by atoms with E-state index in [1.54, 1.807) is 31.2 Å². The summed E-state index contributed by atoms with van der Waals surface area (Å²) >= 11 is 0. The zero-order valence-electron chi connectivity index (χ0n) is 13.0. The van der Waals surface area contributed by atoms with Crippen molar-refractivity contribution in [2.75, 3.05) is 0 Å². The van der Waals surface area contributed by atoms with Crippen LogP contribution in [-0.4, -0.2) is 21.0 Å². The van der Waals surface area contributed by atoms with E-state index >= 15 is 0 Å². The topological polar surface area (TPSA) is 79.5 Å². The zero-order valence-corrected chi connectivity index (χ0v) is 13.0. The highest BCUT2D eigenvalue weighted by Gasteiger charge is 2.26. The molecule has 0 radical (unpaired) electrons. The molecular formula is C19H14N4O. The first-order valence-corrected chi connectivity index (χ1v) is 7.46. The Morgan fingerprint density at radius 1 is 1.00 bits per heavy atom. The Balaban J connectivity index is 2.04. The second-order valence-corrected chi connectivity index (χ2v) is 5.26. The van der Waals surface area contributed by atoms with Gasteiger partial charge in [-0.3, -0.25) is 4.79 Å². The van der Waals surface area contributed by atoms with Gasteiger partial charge in [-0.1, -0.05) is 60.7 Å². The summed E-state index contributed by atoms with van der Waals surface area (Å²) in [6.07, 6.45) is 0. The van der Waals surface area contributed by atoms with E-state index in [1.807, 2.05) is 36.4 Å². The van der Waals surface area contributed by atoms with E-state index < -0.39 is 5.92 Å². The zero-order chi connectivity index (χ0) is 16.9. The summed E-state index contributed by atoms with van der Waals surface area (Å²) in [5, 5.41) is 17.7. The Morgan fingerprint density at radius 2 is 1.62 bits per heavy atom. The molecule has 0 fully saturated rings. The van der Waals surface area contributed by atoms with Crippen LogP contribution in [0.1, 0.15) is 27.7 Å². The molecule has 1 unspecified atom stereocenters. The summed E-state index contributed by atoms with van der Waals surface area (Å²) in [4.78, 5) is 17.1. The van der Waals surface area contributed by atoms with Crippen molar-refractivity contribution in [2.45, 2.75) is 12.8 Å². The molecule has 3 rings (SSSR count). The van der Waals surface area contributed by atoms with Gasteiger partial charge < -0.3 is 0 Å². The van der Waals surface area contributed by atoms with Crippen LogP contribution in [0.3, 0.4) is 0 Å². The number of rotatable bonds is 4. The number of hydrogen-bond acceptors (Lipinski definition) is 5. The third-order valence-electron chi connectivity index (χ3n) is 3.65. The minimum atomic E-state index is -1.01. The van der Waals surface area contributed by atoms with Gasteiger partial charge in [-0.05, 0) is 6.92 Å². The lowest BCUT2D eigenvalue weighted by Gasteiger charge is -2.11. The first kappa shape index (κ1) is 15.5. The number of carbonyl (C=O) groups is 1. The van der Waals surface area contributed by atoms with Crippen molar-refractivity contribution < 1.29 is 4.79 Å². The molecule has 0 aliphatic carbocycles. The van der Waals surface area contributed by atoms with Crippen molar-refractivity contribution >= 4 is 5.78 Å². The van der Waals surface area contributed by atoms with Gasteiger partial charge >= 0.3 is 0 Å². The average Bonchev–Trinajstić information content (AvgIpc) is 2.65. The van der Waals surface area contributed by atoms with Crippen LogP contribution in [0.2, 0.25) is 0 Å². The van der Waals surface area contributed by atoms with Crippen LogP contribution in [0.4, 0.5) is 0 Å². The molecule has 0 bridgehead atoms. The predicted molar refractivity (Wildman–Crippen MR) is 89.1 cm³/mol. The normalized spacial score (nSPS) is 11.5. The highest BCUT2D eigenvalue weighted by Crippen LogP contribution is 2.23. The summed E-state index contributed by atoms with van der Waals surface area (Å²) < 4.78 is 0. The van der Waals surface area contributed by atoms with Crippen LogP contribution in [0, 0.1) is 18.3 Å². The van der Waals surface area contributed by atoms with E-state index in [0.29, 0.717) is 22.8 Å². The second-order valence-electron chi connectivity index (χ2n) is 5.26. The number of hydrogen-bond donors (Lipinski definition) is 0. The Kier molecular flexibility index (Phi) is 4.39. The van der Waals surface area contributed by atoms with E-state index in [2.05, 4.69) is 21.3 Å². The number of Topliss-reactive ketones (excluding diaryl/α,β-unsaturated/α-hetero) is 1. The third kappa shape index (κ3) is 3.03. The average molecular weight is 314 g/mol. The van der Waals surface area contributed by atoms with Crippen LogP contribution in [0.25, 0.3) is 11.4 Å². The van der Waals surface area contributed by atoms with E-state index in [0.717, 1.165) is 5.56 Å². The molecule has 2 aromatic carbocycles. The van der Waals surface area contributed by atoms with Crippen LogP contribution >= 0.6 is 0 Å². The standard InChI is InChI=1S/C19H14N4O/c1-13-17(16(12-20)18(24)14-8-4-2-5-9-14)21-19(23-22-13)15-10-6-3-7-11-15/h2-11,16H,1H3. The van der Waals surface area contributed by atoms with Gasteiger partial charge in [0.15, 0.2) is 17.5 Å². The van der Waals surface area contributed by atoms with Crippen LogP contribution in [0.15, 0.2) is 60.7 Å². The Hall–Kier alpha value is -3.39. The van der Waals surface area contributed by atoms with Crippen molar-refractivity contribution in [3.05, 3.63) is 77.6 Å². The molecule has 0 aliphatic rings. The molecular weight excluding hydrogens is 300 g/mol. The van der Waals surface area contributed by atoms with E-state index in [-0.39, 0.29) is 5.78 Å². The molecule has 116 valence electrons.